The third kappa shape index (κ3) is 8.75. The van der Waals surface area contributed by atoms with Crippen LogP contribution in [0.1, 0.15) is 66.4 Å². The highest BCUT2D eigenvalue weighted by atomic mass is 16.7. The van der Waals surface area contributed by atoms with Gasteiger partial charge in [0.1, 0.15) is 17.8 Å². The number of nitrogens with zero attached hydrogens (tertiary/aromatic N) is 2. The molecule has 1 fully saturated rings. The molecule has 3 aromatic carbocycles. The van der Waals surface area contributed by atoms with Gasteiger partial charge < -0.3 is 29.8 Å². The van der Waals surface area contributed by atoms with Gasteiger partial charge in [0.25, 0.3) is 5.91 Å². The van der Waals surface area contributed by atoms with Crippen LogP contribution in [0.25, 0.3) is 22.4 Å². The van der Waals surface area contributed by atoms with Gasteiger partial charge >= 0.3 is 12.1 Å². The predicted octanol–water partition coefficient (Wildman–Crippen LogP) is 5.77. The molecule has 1 unspecified atom stereocenters. The first-order valence-electron chi connectivity index (χ1n) is 16.0. The SMILES string of the molecule is COC(=O)C(CNC(=O)c1ccc2c(c1)nc(-c1ccc(C(=N)N)cc1)n2CCCCc1ccccc1)OC(=O)OC1CCCCC1. The Morgan fingerprint density at radius 1 is 0.979 bits per heavy atom. The number of carbonyl (C=O) groups excluding carboxylic acids is 3. The molecule has 0 saturated heterocycles. The van der Waals surface area contributed by atoms with Crippen molar-refractivity contribution >= 4 is 34.9 Å². The van der Waals surface area contributed by atoms with Gasteiger partial charge in [0.05, 0.1) is 24.7 Å². The fourth-order valence-corrected chi connectivity index (χ4v) is 5.82. The fraction of sp³-hybridized carbons (Fsp3) is 0.361. The Hall–Kier alpha value is -5.19. The second-order valence-corrected chi connectivity index (χ2v) is 11.7. The zero-order chi connectivity index (χ0) is 33.2. The van der Waals surface area contributed by atoms with Gasteiger partial charge in [-0.25, -0.2) is 14.6 Å². The van der Waals surface area contributed by atoms with Crippen LogP contribution in [0.15, 0.2) is 72.8 Å². The van der Waals surface area contributed by atoms with Gasteiger partial charge in [0.2, 0.25) is 6.10 Å². The number of nitrogens with one attached hydrogen (secondary N) is 2. The summed E-state index contributed by atoms with van der Waals surface area (Å²) in [5.41, 5.74) is 10.3. The van der Waals surface area contributed by atoms with E-state index in [0.29, 0.717) is 23.2 Å². The average molecular weight is 640 g/mol. The van der Waals surface area contributed by atoms with Crippen LogP contribution in [0.4, 0.5) is 4.79 Å². The molecule has 11 heteroatoms. The second kappa shape index (κ2) is 15.9. The number of carbonyl (C=O) groups is 3. The number of rotatable bonds is 13. The first kappa shape index (κ1) is 33.2. The highest BCUT2D eigenvalue weighted by molar-refractivity contribution is 5.98. The quantitative estimate of drug-likeness (QED) is 0.0720. The van der Waals surface area contributed by atoms with Crippen LogP contribution in [0.5, 0.6) is 0 Å². The van der Waals surface area contributed by atoms with Gasteiger partial charge in [-0.1, -0.05) is 61.0 Å². The normalized spacial score (nSPS) is 13.9. The molecule has 47 heavy (non-hydrogen) atoms. The minimum atomic E-state index is -1.36. The van der Waals surface area contributed by atoms with E-state index in [9.17, 15) is 14.4 Å². The second-order valence-electron chi connectivity index (χ2n) is 11.7. The molecular formula is C36H41N5O6. The Balaban J connectivity index is 1.30. The molecule has 1 aliphatic rings. The molecule has 4 N–H and O–H groups in total. The summed E-state index contributed by atoms with van der Waals surface area (Å²) in [6.07, 6.45) is 4.87. The van der Waals surface area contributed by atoms with Crippen molar-refractivity contribution in [1.29, 1.82) is 5.41 Å². The lowest BCUT2D eigenvalue weighted by molar-refractivity contribution is -0.152. The largest absolute Gasteiger partial charge is 0.509 e. The highest BCUT2D eigenvalue weighted by Gasteiger charge is 2.28. The Morgan fingerprint density at radius 3 is 2.40 bits per heavy atom. The van der Waals surface area contributed by atoms with Crippen molar-refractivity contribution in [2.75, 3.05) is 13.7 Å². The third-order valence-electron chi connectivity index (χ3n) is 8.37. The first-order chi connectivity index (χ1) is 22.8. The van der Waals surface area contributed by atoms with Crippen molar-refractivity contribution in [1.82, 2.24) is 14.9 Å². The van der Waals surface area contributed by atoms with Crippen molar-refractivity contribution in [2.24, 2.45) is 5.73 Å². The summed E-state index contributed by atoms with van der Waals surface area (Å²) in [6.45, 7) is 0.431. The van der Waals surface area contributed by atoms with Crippen LogP contribution in [-0.4, -0.2) is 59.3 Å². The van der Waals surface area contributed by atoms with Crippen LogP contribution in [0.2, 0.25) is 0 Å². The molecule has 1 aliphatic carbocycles. The molecule has 0 aliphatic heterocycles. The smallest absolute Gasteiger partial charge is 0.466 e. The van der Waals surface area contributed by atoms with E-state index in [1.807, 2.05) is 36.4 Å². The lowest BCUT2D eigenvalue weighted by Gasteiger charge is -2.23. The summed E-state index contributed by atoms with van der Waals surface area (Å²) < 4.78 is 17.5. The summed E-state index contributed by atoms with van der Waals surface area (Å²) in [6, 6.07) is 23.0. The summed E-state index contributed by atoms with van der Waals surface area (Å²) >= 11 is 0. The summed E-state index contributed by atoms with van der Waals surface area (Å²) in [5.74, 6) is -0.534. The van der Waals surface area contributed by atoms with E-state index in [4.69, 9.17) is 30.3 Å². The molecule has 1 aromatic heterocycles. The number of imidazole rings is 1. The Labute approximate surface area is 273 Å². The minimum Gasteiger partial charge on any atom is -0.466 e. The van der Waals surface area contributed by atoms with E-state index in [-0.39, 0.29) is 18.5 Å². The number of ether oxygens (including phenoxy) is 3. The van der Waals surface area contributed by atoms with Crippen molar-refractivity contribution in [2.45, 2.75) is 70.1 Å². The zero-order valence-corrected chi connectivity index (χ0v) is 26.6. The lowest BCUT2D eigenvalue weighted by atomic mass is 9.98. The molecule has 1 atom stereocenters. The maximum absolute atomic E-state index is 13.2. The van der Waals surface area contributed by atoms with Crippen LogP contribution in [0.3, 0.4) is 0 Å². The van der Waals surface area contributed by atoms with Crippen LogP contribution < -0.4 is 11.1 Å². The number of benzene rings is 3. The van der Waals surface area contributed by atoms with E-state index >= 15 is 0 Å². The molecule has 5 rings (SSSR count). The lowest BCUT2D eigenvalue weighted by Crippen LogP contribution is -2.41. The summed E-state index contributed by atoms with van der Waals surface area (Å²) in [4.78, 5) is 42.8. The van der Waals surface area contributed by atoms with Crippen molar-refractivity contribution in [3.63, 3.8) is 0 Å². The number of nitrogens with two attached hydrogens (primary N) is 1. The van der Waals surface area contributed by atoms with E-state index in [1.54, 1.807) is 24.3 Å². The first-order valence-corrected chi connectivity index (χ1v) is 16.0. The molecule has 0 spiro atoms. The number of methoxy groups -OCH3 is 1. The number of aryl methyl sites for hydroxylation is 2. The number of amidine groups is 1. The zero-order valence-electron chi connectivity index (χ0n) is 26.6. The van der Waals surface area contributed by atoms with Crippen LogP contribution in [0, 0.1) is 5.41 Å². The van der Waals surface area contributed by atoms with E-state index in [1.165, 1.54) is 12.7 Å². The van der Waals surface area contributed by atoms with Gasteiger partial charge in [-0.05, 0) is 68.7 Å². The highest BCUT2D eigenvalue weighted by Crippen LogP contribution is 2.27. The maximum Gasteiger partial charge on any atom is 0.509 e. The molecule has 0 radical (unpaired) electrons. The molecule has 1 heterocycles. The van der Waals surface area contributed by atoms with Gasteiger partial charge in [0.15, 0.2) is 0 Å². The third-order valence-corrected chi connectivity index (χ3v) is 8.37. The summed E-state index contributed by atoms with van der Waals surface area (Å²) in [5, 5.41) is 10.4. The average Bonchev–Trinajstić information content (AvgIpc) is 3.46. The Bertz CT molecular complexity index is 1700. The maximum atomic E-state index is 13.2. The summed E-state index contributed by atoms with van der Waals surface area (Å²) in [7, 11) is 1.18. The van der Waals surface area contributed by atoms with Gasteiger partial charge in [-0.2, -0.15) is 0 Å². The number of hydrogen-bond donors (Lipinski definition) is 3. The van der Waals surface area contributed by atoms with Crippen LogP contribution >= 0.6 is 0 Å². The van der Waals surface area contributed by atoms with Crippen molar-refractivity contribution < 1.29 is 28.6 Å². The molecule has 4 aromatic rings. The number of nitrogen functional groups attached to an aromatic ring is 1. The number of unbranched alkanes of at least 4 members (excludes halogenated alkanes) is 1. The predicted molar refractivity (Wildman–Crippen MR) is 178 cm³/mol. The van der Waals surface area contributed by atoms with Crippen molar-refractivity contribution in [3.8, 4) is 11.4 Å². The van der Waals surface area contributed by atoms with E-state index in [0.717, 1.165) is 68.3 Å². The number of esters is 1. The molecule has 1 amide bonds. The molecule has 11 nitrogen and oxygen atoms in total. The van der Waals surface area contributed by atoms with E-state index < -0.39 is 24.1 Å². The standard InChI is InChI=1S/C36H41N5O6/c1-45-35(43)31(47-36(44)46-28-13-6-3-7-14-28)23-39-34(42)27-19-20-30-29(22-27)40-33(26-17-15-25(16-18-26)32(37)38)41(30)21-9-8-12-24-10-4-2-5-11-24/h2,4-5,10-11,15-20,22,28,31H,3,6-9,12-14,21,23H2,1H3,(H3,37,38)(H,39,42). The van der Waals surface area contributed by atoms with E-state index in [2.05, 4.69) is 22.0 Å². The number of amides is 1. The monoisotopic (exact) mass is 639 g/mol. The van der Waals surface area contributed by atoms with Crippen LogP contribution in [-0.2, 0) is 32.0 Å². The minimum absolute atomic E-state index is 0.0115. The molecule has 0 bridgehead atoms. The number of fused-ring (bicyclic) bond motifs is 1. The Morgan fingerprint density at radius 2 is 1.70 bits per heavy atom. The van der Waals surface area contributed by atoms with Gasteiger partial charge in [-0.3, -0.25) is 10.2 Å². The molecular weight excluding hydrogens is 598 g/mol. The van der Waals surface area contributed by atoms with Gasteiger partial charge in [0, 0.05) is 23.2 Å². The molecule has 246 valence electrons. The number of hydrogen-bond acceptors (Lipinski definition) is 8. The Kier molecular flexibility index (Phi) is 11.2. The fourth-order valence-electron chi connectivity index (χ4n) is 5.82. The number of aromatic nitrogens is 2. The topological polar surface area (TPSA) is 159 Å². The van der Waals surface area contributed by atoms with Crippen molar-refractivity contribution in [3.05, 3.63) is 89.5 Å². The molecule has 1 saturated carbocycles. The van der Waals surface area contributed by atoms with Gasteiger partial charge in [-0.15, -0.1) is 0 Å².